The number of aldehydes is 1. The van der Waals surface area contributed by atoms with E-state index >= 15 is 0 Å². The number of aromatic nitrogens is 2. The van der Waals surface area contributed by atoms with Crippen LogP contribution in [0.2, 0.25) is 0 Å². The van der Waals surface area contributed by atoms with Crippen LogP contribution in [-0.4, -0.2) is 16.5 Å². The average Bonchev–Trinajstić information content (AvgIpc) is 2.80. The molecule has 1 heterocycles. The van der Waals surface area contributed by atoms with E-state index < -0.39 is 0 Å². The van der Waals surface area contributed by atoms with E-state index in [-0.39, 0.29) is 0 Å². The molecule has 0 amide bonds. The first-order chi connectivity index (χ1) is 9.09. The van der Waals surface area contributed by atoms with Crippen LogP contribution in [0.4, 0.5) is 0 Å². The molecule has 1 aliphatic rings. The zero-order valence-electron chi connectivity index (χ0n) is 11.4. The number of hydrogen-bond acceptors (Lipinski definition) is 2. The molecule has 3 heteroatoms. The van der Waals surface area contributed by atoms with Crippen molar-refractivity contribution in [2.75, 3.05) is 0 Å². The maximum absolute atomic E-state index is 10.9. The van der Waals surface area contributed by atoms with Gasteiger partial charge in [0.1, 0.15) is 6.29 Å². The van der Waals surface area contributed by atoms with Gasteiger partial charge in [-0.05, 0) is 30.7 Å². The summed E-state index contributed by atoms with van der Waals surface area (Å²) in [5.74, 6) is 0. The van der Waals surface area contributed by atoms with E-state index in [1.807, 2.05) is 24.3 Å². The number of benzene rings is 1. The minimum Gasteiger partial charge on any atom is -0.298 e. The smallest absolute Gasteiger partial charge is 0.150 e. The van der Waals surface area contributed by atoms with Crippen molar-refractivity contribution in [1.82, 2.24) is 10.2 Å². The molecule has 3 nitrogen and oxygen atoms in total. The van der Waals surface area contributed by atoms with Crippen LogP contribution in [-0.2, 0) is 12.8 Å². The van der Waals surface area contributed by atoms with Crippen LogP contribution in [0.3, 0.4) is 0 Å². The number of fused-ring (bicyclic) bond motifs is 1. The topological polar surface area (TPSA) is 45.8 Å². The number of hydrogen-bond donors (Lipinski definition) is 1. The van der Waals surface area contributed by atoms with Gasteiger partial charge in [-0.1, -0.05) is 32.0 Å². The Hall–Kier alpha value is -1.90. The van der Waals surface area contributed by atoms with Crippen molar-refractivity contribution >= 4 is 6.29 Å². The predicted molar refractivity (Wildman–Crippen MR) is 75.2 cm³/mol. The largest absolute Gasteiger partial charge is 0.298 e. The molecule has 98 valence electrons. The quantitative estimate of drug-likeness (QED) is 0.835. The van der Waals surface area contributed by atoms with Crippen molar-refractivity contribution in [3.05, 3.63) is 41.1 Å². The summed E-state index contributed by atoms with van der Waals surface area (Å²) < 4.78 is 0. The Bertz CT molecular complexity index is 625. The van der Waals surface area contributed by atoms with Crippen LogP contribution >= 0.6 is 0 Å². The zero-order chi connectivity index (χ0) is 13.5. The Morgan fingerprint density at radius 1 is 1.37 bits per heavy atom. The minimum absolute atomic E-state index is 0.327. The fraction of sp³-hybridized carbons (Fsp3) is 0.375. The van der Waals surface area contributed by atoms with Gasteiger partial charge in [-0.25, -0.2) is 0 Å². The molecule has 2 aromatic rings. The van der Waals surface area contributed by atoms with E-state index in [2.05, 4.69) is 24.0 Å². The number of aryl methyl sites for hydroxylation is 1. The summed E-state index contributed by atoms with van der Waals surface area (Å²) in [5, 5.41) is 7.63. The minimum atomic E-state index is 0.327. The molecule has 1 aromatic carbocycles. The van der Waals surface area contributed by atoms with Crippen molar-refractivity contribution in [1.29, 1.82) is 0 Å². The van der Waals surface area contributed by atoms with Crippen molar-refractivity contribution in [2.24, 2.45) is 5.41 Å². The molecule has 0 aliphatic heterocycles. The number of aromatic amines is 1. The second kappa shape index (κ2) is 4.34. The first kappa shape index (κ1) is 12.2. The van der Waals surface area contributed by atoms with Gasteiger partial charge in [0.15, 0.2) is 0 Å². The van der Waals surface area contributed by atoms with E-state index in [1.54, 1.807) is 0 Å². The second-order valence-electron chi connectivity index (χ2n) is 6.11. The highest BCUT2D eigenvalue weighted by Crippen LogP contribution is 2.38. The third-order valence-electron chi connectivity index (χ3n) is 3.96. The lowest BCUT2D eigenvalue weighted by molar-refractivity contribution is 0.112. The lowest BCUT2D eigenvalue weighted by atomic mass is 9.75. The molecule has 0 spiro atoms. The standard InChI is InChI=1S/C16H18N2O/c1-16(2)7-6-14-13(9-16)15(18-17-14)12-5-3-4-11(8-12)10-19/h3-5,8,10H,6-7,9H2,1-2H3,(H,17,18). The number of rotatable bonds is 2. The molecule has 1 aromatic heterocycles. The number of nitrogens with one attached hydrogen (secondary N) is 1. The Balaban J connectivity index is 2.07. The van der Waals surface area contributed by atoms with Crippen LogP contribution in [0.5, 0.6) is 0 Å². The first-order valence-electron chi connectivity index (χ1n) is 6.71. The molecule has 3 rings (SSSR count). The van der Waals surface area contributed by atoms with Crippen molar-refractivity contribution in [3.8, 4) is 11.3 Å². The van der Waals surface area contributed by atoms with Gasteiger partial charge in [-0.15, -0.1) is 0 Å². The van der Waals surface area contributed by atoms with Gasteiger partial charge in [0.2, 0.25) is 0 Å². The van der Waals surface area contributed by atoms with Crippen molar-refractivity contribution in [2.45, 2.75) is 33.1 Å². The van der Waals surface area contributed by atoms with Gasteiger partial charge in [-0.3, -0.25) is 9.89 Å². The van der Waals surface area contributed by atoms with Gasteiger partial charge in [0.05, 0.1) is 5.69 Å². The molecule has 0 atom stereocenters. The molecule has 0 radical (unpaired) electrons. The van der Waals surface area contributed by atoms with Crippen molar-refractivity contribution in [3.63, 3.8) is 0 Å². The zero-order valence-corrected chi connectivity index (χ0v) is 11.4. The van der Waals surface area contributed by atoms with Gasteiger partial charge >= 0.3 is 0 Å². The second-order valence-corrected chi connectivity index (χ2v) is 6.11. The van der Waals surface area contributed by atoms with Crippen LogP contribution in [0, 0.1) is 5.41 Å². The number of H-pyrrole nitrogens is 1. The molecule has 0 bridgehead atoms. The average molecular weight is 254 g/mol. The summed E-state index contributed by atoms with van der Waals surface area (Å²) in [7, 11) is 0. The van der Waals surface area contributed by atoms with Crippen LogP contribution in [0.15, 0.2) is 24.3 Å². The third-order valence-corrected chi connectivity index (χ3v) is 3.96. The Morgan fingerprint density at radius 2 is 2.21 bits per heavy atom. The molecular weight excluding hydrogens is 236 g/mol. The molecule has 0 saturated heterocycles. The fourth-order valence-electron chi connectivity index (χ4n) is 2.83. The Kier molecular flexibility index (Phi) is 2.77. The highest BCUT2D eigenvalue weighted by atomic mass is 16.1. The summed E-state index contributed by atoms with van der Waals surface area (Å²) in [6.07, 6.45) is 4.17. The monoisotopic (exact) mass is 254 g/mol. The SMILES string of the molecule is CC1(C)CCc2[nH]nc(-c3cccc(C=O)c3)c2C1. The normalized spacial score (nSPS) is 16.9. The highest BCUT2D eigenvalue weighted by Gasteiger charge is 2.29. The lowest BCUT2D eigenvalue weighted by Crippen LogP contribution is -2.21. The maximum atomic E-state index is 10.9. The van der Waals surface area contributed by atoms with E-state index in [9.17, 15) is 4.79 Å². The Morgan fingerprint density at radius 3 is 3.00 bits per heavy atom. The molecule has 1 aliphatic carbocycles. The van der Waals surface area contributed by atoms with Crippen LogP contribution in [0.1, 0.15) is 41.9 Å². The van der Waals surface area contributed by atoms with Gasteiger partial charge in [-0.2, -0.15) is 5.10 Å². The fourth-order valence-corrected chi connectivity index (χ4v) is 2.83. The maximum Gasteiger partial charge on any atom is 0.150 e. The van der Waals surface area contributed by atoms with Crippen molar-refractivity contribution < 1.29 is 4.79 Å². The third kappa shape index (κ3) is 2.21. The van der Waals surface area contributed by atoms with E-state index in [0.29, 0.717) is 11.0 Å². The Labute approximate surface area is 113 Å². The number of nitrogens with zero attached hydrogens (tertiary/aromatic N) is 1. The van der Waals surface area contributed by atoms with E-state index in [1.165, 1.54) is 17.7 Å². The molecule has 0 unspecified atom stereocenters. The molecule has 0 saturated carbocycles. The summed E-state index contributed by atoms with van der Waals surface area (Å²) in [6, 6.07) is 7.66. The predicted octanol–water partition coefficient (Wildman–Crippen LogP) is 3.40. The number of carbonyl (C=O) groups excluding carboxylic acids is 1. The van der Waals surface area contributed by atoms with Crippen LogP contribution in [0.25, 0.3) is 11.3 Å². The first-order valence-corrected chi connectivity index (χ1v) is 6.71. The van der Waals surface area contributed by atoms with Gasteiger partial charge < -0.3 is 0 Å². The summed E-state index contributed by atoms with van der Waals surface area (Å²) in [5.41, 5.74) is 5.63. The van der Waals surface area contributed by atoms with Crippen LogP contribution < -0.4 is 0 Å². The van der Waals surface area contributed by atoms with E-state index in [0.717, 1.165) is 30.4 Å². The van der Waals surface area contributed by atoms with Gasteiger partial charge in [0.25, 0.3) is 0 Å². The summed E-state index contributed by atoms with van der Waals surface area (Å²) in [4.78, 5) is 10.9. The number of carbonyl (C=O) groups is 1. The molecule has 0 fully saturated rings. The molecule has 19 heavy (non-hydrogen) atoms. The van der Waals surface area contributed by atoms with Gasteiger partial charge in [0, 0.05) is 22.4 Å². The molecular formula is C16H18N2O. The van der Waals surface area contributed by atoms with E-state index in [4.69, 9.17) is 0 Å². The summed E-state index contributed by atoms with van der Waals surface area (Å²) in [6.45, 7) is 4.60. The molecule has 1 N–H and O–H groups in total. The lowest BCUT2D eigenvalue weighted by Gasteiger charge is -2.29. The summed E-state index contributed by atoms with van der Waals surface area (Å²) >= 11 is 0. The highest BCUT2D eigenvalue weighted by molar-refractivity contribution is 5.78.